The Bertz CT molecular complexity index is 422. The number of hydrogen-bond donors (Lipinski definition) is 2. The lowest BCUT2D eigenvalue weighted by atomic mass is 10.1. The van der Waals surface area contributed by atoms with E-state index < -0.39 is 0 Å². The molecule has 0 spiro atoms. The Morgan fingerprint density at radius 1 is 0.400 bits per heavy atom. The summed E-state index contributed by atoms with van der Waals surface area (Å²) in [4.78, 5) is 23.3. The van der Waals surface area contributed by atoms with Crippen molar-refractivity contribution in [2.45, 2.75) is 70.6 Å². The summed E-state index contributed by atoms with van der Waals surface area (Å²) in [5, 5.41) is 17.1. The van der Waals surface area contributed by atoms with Gasteiger partial charge >= 0.3 is 11.9 Å². The number of rotatable bonds is 28. The van der Waals surface area contributed by atoms with E-state index in [1.54, 1.807) is 0 Å². The van der Waals surface area contributed by atoms with Gasteiger partial charge in [0.1, 0.15) is 13.2 Å². The van der Waals surface area contributed by atoms with Crippen LogP contribution in [-0.4, -0.2) is 101 Å². The van der Waals surface area contributed by atoms with Crippen molar-refractivity contribution in [2.75, 3.05) is 79.3 Å². The van der Waals surface area contributed by atoms with Crippen molar-refractivity contribution in [1.82, 2.24) is 0 Å². The molecule has 0 aliphatic heterocycles. The highest BCUT2D eigenvalue weighted by Crippen LogP contribution is 2.12. The topological polar surface area (TPSA) is 130 Å². The number of esters is 2. The Balaban J connectivity index is 3.23. The molecule has 208 valence electrons. The highest BCUT2D eigenvalue weighted by Gasteiger charge is 2.04. The van der Waals surface area contributed by atoms with Crippen molar-refractivity contribution < 1.29 is 48.2 Å². The summed E-state index contributed by atoms with van der Waals surface area (Å²) in [7, 11) is 0. The number of aliphatic hydroxyl groups excluding tert-OH is 2. The minimum atomic E-state index is -0.181. The lowest BCUT2D eigenvalue weighted by Crippen LogP contribution is -2.13. The van der Waals surface area contributed by atoms with Crippen molar-refractivity contribution in [2.24, 2.45) is 0 Å². The number of hydrogen-bond acceptors (Lipinski definition) is 10. The number of aliphatic hydroxyl groups is 2. The van der Waals surface area contributed by atoms with Gasteiger partial charge in [0.25, 0.3) is 0 Å². The second kappa shape index (κ2) is 28.9. The summed E-state index contributed by atoms with van der Waals surface area (Å²) in [6.07, 6.45) is 10.4. The van der Waals surface area contributed by atoms with Gasteiger partial charge in [0.15, 0.2) is 0 Å². The molecule has 0 bridgehead atoms. The van der Waals surface area contributed by atoms with Gasteiger partial charge in [0, 0.05) is 12.8 Å². The number of carbonyl (C=O) groups excluding carboxylic acids is 2. The fourth-order valence-corrected chi connectivity index (χ4v) is 3.12. The molecule has 0 amide bonds. The van der Waals surface area contributed by atoms with E-state index in [1.165, 1.54) is 6.42 Å². The molecular formula is C25H48O10. The van der Waals surface area contributed by atoms with Crippen LogP contribution in [0.15, 0.2) is 0 Å². The molecule has 0 atom stereocenters. The summed E-state index contributed by atoms with van der Waals surface area (Å²) in [5.41, 5.74) is 0. The van der Waals surface area contributed by atoms with Crippen LogP contribution in [0.2, 0.25) is 0 Å². The van der Waals surface area contributed by atoms with Gasteiger partial charge in [-0.1, -0.05) is 44.9 Å². The van der Waals surface area contributed by atoms with Crippen molar-refractivity contribution in [3.05, 3.63) is 0 Å². The Kier molecular flexibility index (Phi) is 27.9. The van der Waals surface area contributed by atoms with Crippen molar-refractivity contribution in [3.63, 3.8) is 0 Å². The molecular weight excluding hydrogens is 460 g/mol. The van der Waals surface area contributed by atoms with Gasteiger partial charge < -0.3 is 38.6 Å². The Morgan fingerprint density at radius 3 is 1.03 bits per heavy atom. The van der Waals surface area contributed by atoms with E-state index in [2.05, 4.69) is 0 Å². The first-order chi connectivity index (χ1) is 17.2. The summed E-state index contributed by atoms with van der Waals surface area (Å²) in [5.74, 6) is -0.361. The molecule has 0 aliphatic carbocycles. The lowest BCUT2D eigenvalue weighted by molar-refractivity contribution is -0.146. The van der Waals surface area contributed by atoms with Crippen LogP contribution in [0, 0.1) is 0 Å². The first-order valence-corrected chi connectivity index (χ1v) is 13.0. The number of ether oxygens (including phenoxy) is 6. The standard InChI is InChI=1S/C25H48O10/c26-12-14-30-16-18-32-20-22-34-24(28)10-8-6-4-2-1-3-5-7-9-11-25(29)35-23-21-33-19-17-31-15-13-27/h26-27H,1-23H2. The molecule has 0 unspecified atom stereocenters. The monoisotopic (exact) mass is 508 g/mol. The predicted octanol–water partition coefficient (Wildman–Crippen LogP) is 2.41. The Labute approximate surface area is 210 Å². The van der Waals surface area contributed by atoms with Crippen LogP contribution >= 0.6 is 0 Å². The van der Waals surface area contributed by atoms with Gasteiger partial charge in [-0.15, -0.1) is 0 Å². The van der Waals surface area contributed by atoms with Gasteiger partial charge in [0.2, 0.25) is 0 Å². The first-order valence-electron chi connectivity index (χ1n) is 13.0. The number of carbonyl (C=O) groups is 2. The van der Waals surface area contributed by atoms with E-state index in [4.69, 9.17) is 38.6 Å². The molecule has 0 heterocycles. The lowest BCUT2D eigenvalue weighted by Gasteiger charge is -2.07. The van der Waals surface area contributed by atoms with Crippen LogP contribution in [0.1, 0.15) is 70.6 Å². The van der Waals surface area contributed by atoms with Gasteiger partial charge in [-0.3, -0.25) is 9.59 Å². The zero-order valence-electron chi connectivity index (χ0n) is 21.4. The van der Waals surface area contributed by atoms with Gasteiger partial charge in [-0.25, -0.2) is 0 Å². The minimum Gasteiger partial charge on any atom is -0.463 e. The predicted molar refractivity (Wildman–Crippen MR) is 130 cm³/mol. The fourth-order valence-electron chi connectivity index (χ4n) is 3.12. The summed E-state index contributed by atoms with van der Waals surface area (Å²) in [6, 6.07) is 0. The molecule has 0 saturated heterocycles. The van der Waals surface area contributed by atoms with E-state index in [-0.39, 0.29) is 38.4 Å². The molecule has 0 aromatic rings. The molecule has 0 aromatic heterocycles. The average Bonchev–Trinajstić information content (AvgIpc) is 2.85. The average molecular weight is 509 g/mol. The summed E-state index contributed by atoms with van der Waals surface area (Å²) >= 11 is 0. The van der Waals surface area contributed by atoms with Crippen molar-refractivity contribution in [1.29, 1.82) is 0 Å². The molecule has 0 radical (unpaired) electrons. The van der Waals surface area contributed by atoms with E-state index in [0.29, 0.717) is 65.7 Å². The first kappa shape index (κ1) is 33.7. The van der Waals surface area contributed by atoms with Gasteiger partial charge in [-0.2, -0.15) is 0 Å². The third kappa shape index (κ3) is 28.8. The SMILES string of the molecule is O=C(CCCCCCCCCCCC(=O)OCCOCCOCCO)OCCOCCOCCO. The van der Waals surface area contributed by atoms with Crippen LogP contribution in [0.4, 0.5) is 0 Å². The molecule has 10 heteroatoms. The molecule has 35 heavy (non-hydrogen) atoms. The normalized spacial score (nSPS) is 11.0. The Morgan fingerprint density at radius 2 is 0.686 bits per heavy atom. The minimum absolute atomic E-state index is 0.00116. The highest BCUT2D eigenvalue weighted by atomic mass is 16.6. The second-order valence-electron chi connectivity index (χ2n) is 8.02. The molecule has 0 saturated carbocycles. The fraction of sp³-hybridized carbons (Fsp3) is 0.920. The number of unbranched alkanes of at least 4 members (excludes halogenated alkanes) is 8. The van der Waals surface area contributed by atoms with E-state index in [9.17, 15) is 9.59 Å². The van der Waals surface area contributed by atoms with Gasteiger partial charge in [-0.05, 0) is 12.8 Å². The molecule has 2 N–H and O–H groups in total. The van der Waals surface area contributed by atoms with Crippen LogP contribution in [-0.2, 0) is 38.0 Å². The zero-order valence-corrected chi connectivity index (χ0v) is 21.4. The van der Waals surface area contributed by atoms with Crippen LogP contribution < -0.4 is 0 Å². The molecule has 10 nitrogen and oxygen atoms in total. The van der Waals surface area contributed by atoms with Crippen molar-refractivity contribution in [3.8, 4) is 0 Å². The van der Waals surface area contributed by atoms with Crippen LogP contribution in [0.5, 0.6) is 0 Å². The van der Waals surface area contributed by atoms with E-state index in [0.717, 1.165) is 51.4 Å². The molecule has 0 rings (SSSR count). The van der Waals surface area contributed by atoms with Crippen molar-refractivity contribution >= 4 is 11.9 Å². The highest BCUT2D eigenvalue weighted by molar-refractivity contribution is 5.69. The van der Waals surface area contributed by atoms with Crippen LogP contribution in [0.25, 0.3) is 0 Å². The summed E-state index contributed by atoms with van der Waals surface area (Å²) < 4.78 is 30.9. The third-order valence-corrected chi connectivity index (χ3v) is 4.96. The summed E-state index contributed by atoms with van der Waals surface area (Å²) in [6.45, 7) is 3.52. The molecule has 0 aliphatic rings. The van der Waals surface area contributed by atoms with Gasteiger partial charge in [0.05, 0.1) is 66.1 Å². The van der Waals surface area contributed by atoms with Crippen LogP contribution in [0.3, 0.4) is 0 Å². The second-order valence-corrected chi connectivity index (χ2v) is 8.02. The van der Waals surface area contributed by atoms with E-state index >= 15 is 0 Å². The quantitative estimate of drug-likeness (QED) is 0.120. The maximum absolute atomic E-state index is 11.7. The van der Waals surface area contributed by atoms with E-state index in [1.807, 2.05) is 0 Å². The third-order valence-electron chi connectivity index (χ3n) is 4.96. The smallest absolute Gasteiger partial charge is 0.305 e. The maximum atomic E-state index is 11.7. The zero-order chi connectivity index (χ0) is 25.7. The Hall–Kier alpha value is -1.30. The molecule has 0 fully saturated rings. The molecule has 0 aromatic carbocycles. The maximum Gasteiger partial charge on any atom is 0.305 e. The largest absolute Gasteiger partial charge is 0.463 e.